The molecule has 0 atom stereocenters. The topological polar surface area (TPSA) is 79.5 Å². The SMILES string of the molecule is CCC(=O)Nc1cccc(NC(=S)NC(=O)c2ccc(OC)c(Cl)c2)c1. The van der Waals surface area contributed by atoms with E-state index in [1.165, 1.54) is 13.2 Å². The smallest absolute Gasteiger partial charge is 0.257 e. The average Bonchev–Trinajstić information content (AvgIpc) is 2.61. The summed E-state index contributed by atoms with van der Waals surface area (Å²) in [6.07, 6.45) is 0.385. The maximum Gasteiger partial charge on any atom is 0.257 e. The summed E-state index contributed by atoms with van der Waals surface area (Å²) in [5.41, 5.74) is 1.62. The number of anilines is 2. The van der Waals surface area contributed by atoms with Crippen LogP contribution in [0.1, 0.15) is 23.7 Å². The highest BCUT2D eigenvalue weighted by molar-refractivity contribution is 7.80. The first-order chi connectivity index (χ1) is 12.4. The van der Waals surface area contributed by atoms with E-state index >= 15 is 0 Å². The standard InChI is InChI=1S/C18H18ClN3O3S/c1-3-16(23)20-12-5-4-6-13(10-12)21-18(26)22-17(24)11-7-8-15(25-2)14(19)9-11/h4-10H,3H2,1-2H3,(H,20,23)(H2,21,22,24,26). The molecule has 136 valence electrons. The van der Waals surface area contributed by atoms with Crippen LogP contribution in [-0.2, 0) is 4.79 Å². The Labute approximate surface area is 161 Å². The van der Waals surface area contributed by atoms with Gasteiger partial charge in [-0.1, -0.05) is 24.6 Å². The van der Waals surface area contributed by atoms with Crippen LogP contribution in [0.3, 0.4) is 0 Å². The summed E-state index contributed by atoms with van der Waals surface area (Å²) in [4.78, 5) is 23.7. The summed E-state index contributed by atoms with van der Waals surface area (Å²) in [6, 6.07) is 11.7. The van der Waals surface area contributed by atoms with Gasteiger partial charge in [-0.25, -0.2) is 0 Å². The van der Waals surface area contributed by atoms with Crippen molar-refractivity contribution >= 4 is 52.1 Å². The van der Waals surface area contributed by atoms with Gasteiger partial charge in [0.05, 0.1) is 12.1 Å². The number of nitrogens with one attached hydrogen (secondary N) is 3. The maximum atomic E-state index is 12.3. The molecule has 0 fully saturated rings. The fourth-order valence-corrected chi connectivity index (χ4v) is 2.54. The molecule has 26 heavy (non-hydrogen) atoms. The number of benzene rings is 2. The van der Waals surface area contributed by atoms with Gasteiger partial charge in [0.2, 0.25) is 5.91 Å². The van der Waals surface area contributed by atoms with E-state index in [1.54, 1.807) is 43.3 Å². The predicted octanol–water partition coefficient (Wildman–Crippen LogP) is 3.82. The molecule has 0 aromatic heterocycles. The average molecular weight is 392 g/mol. The number of hydrogen-bond acceptors (Lipinski definition) is 4. The van der Waals surface area contributed by atoms with Crippen molar-refractivity contribution in [3.8, 4) is 5.75 Å². The van der Waals surface area contributed by atoms with Gasteiger partial charge in [0.15, 0.2) is 5.11 Å². The number of rotatable bonds is 5. The molecular weight excluding hydrogens is 374 g/mol. The van der Waals surface area contributed by atoms with E-state index in [1.807, 2.05) is 0 Å². The van der Waals surface area contributed by atoms with E-state index in [9.17, 15) is 9.59 Å². The third-order valence-electron chi connectivity index (χ3n) is 3.37. The molecule has 2 aromatic carbocycles. The molecule has 0 heterocycles. The minimum atomic E-state index is -0.400. The van der Waals surface area contributed by atoms with Gasteiger partial charge in [-0.3, -0.25) is 14.9 Å². The highest BCUT2D eigenvalue weighted by Gasteiger charge is 2.11. The lowest BCUT2D eigenvalue weighted by Crippen LogP contribution is -2.34. The number of hydrogen-bond donors (Lipinski definition) is 3. The van der Waals surface area contributed by atoms with Crippen LogP contribution in [0.5, 0.6) is 5.75 Å². The molecule has 3 N–H and O–H groups in total. The lowest BCUT2D eigenvalue weighted by Gasteiger charge is -2.12. The van der Waals surface area contributed by atoms with Crippen molar-refractivity contribution in [1.29, 1.82) is 0 Å². The van der Waals surface area contributed by atoms with E-state index in [4.69, 9.17) is 28.6 Å². The summed E-state index contributed by atoms with van der Waals surface area (Å²) in [7, 11) is 1.50. The zero-order valence-corrected chi connectivity index (χ0v) is 15.8. The molecule has 8 heteroatoms. The molecule has 0 bridgehead atoms. The Balaban J connectivity index is 2.00. The molecule has 0 saturated carbocycles. The van der Waals surface area contributed by atoms with Crippen molar-refractivity contribution in [3.63, 3.8) is 0 Å². The van der Waals surface area contributed by atoms with E-state index in [0.717, 1.165) is 0 Å². The highest BCUT2D eigenvalue weighted by atomic mass is 35.5. The van der Waals surface area contributed by atoms with Crippen LogP contribution < -0.4 is 20.7 Å². The third kappa shape index (κ3) is 5.44. The van der Waals surface area contributed by atoms with E-state index in [2.05, 4.69) is 16.0 Å². The van der Waals surface area contributed by atoms with Crippen LogP contribution in [0, 0.1) is 0 Å². The van der Waals surface area contributed by atoms with Crippen molar-refractivity contribution < 1.29 is 14.3 Å². The molecule has 2 rings (SSSR count). The van der Waals surface area contributed by atoms with Crippen LogP contribution in [0.4, 0.5) is 11.4 Å². The summed E-state index contributed by atoms with van der Waals surface area (Å²) in [6.45, 7) is 1.77. The van der Waals surface area contributed by atoms with Gasteiger partial charge in [-0.2, -0.15) is 0 Å². The Morgan fingerprint density at radius 1 is 1.12 bits per heavy atom. The number of amides is 2. The Morgan fingerprint density at radius 3 is 2.42 bits per heavy atom. The summed E-state index contributed by atoms with van der Waals surface area (Å²) < 4.78 is 5.05. The normalized spacial score (nSPS) is 9.96. The van der Waals surface area contributed by atoms with Crippen molar-refractivity contribution in [2.24, 2.45) is 0 Å². The Kier molecular flexibility index (Phi) is 6.94. The molecule has 0 aliphatic rings. The Hall–Kier alpha value is -2.64. The number of thiocarbonyl (C=S) groups is 1. The molecular formula is C18H18ClN3O3S. The van der Waals surface area contributed by atoms with Crippen molar-refractivity contribution in [3.05, 3.63) is 53.1 Å². The molecule has 0 saturated heterocycles. The summed E-state index contributed by atoms with van der Waals surface area (Å²) in [5.74, 6) is -0.00762. The lowest BCUT2D eigenvalue weighted by molar-refractivity contribution is -0.115. The molecule has 2 aromatic rings. The lowest BCUT2D eigenvalue weighted by atomic mass is 10.2. The number of carbonyl (C=O) groups is 2. The van der Waals surface area contributed by atoms with Crippen LogP contribution >= 0.6 is 23.8 Å². The first kappa shape index (κ1) is 19.7. The van der Waals surface area contributed by atoms with Gasteiger partial charge in [-0.15, -0.1) is 0 Å². The van der Waals surface area contributed by atoms with E-state index < -0.39 is 5.91 Å². The second-order valence-electron chi connectivity index (χ2n) is 5.24. The van der Waals surface area contributed by atoms with E-state index in [0.29, 0.717) is 34.1 Å². The monoisotopic (exact) mass is 391 g/mol. The molecule has 0 unspecified atom stereocenters. The van der Waals surface area contributed by atoms with Gasteiger partial charge in [0, 0.05) is 23.4 Å². The molecule has 0 aliphatic carbocycles. The zero-order chi connectivity index (χ0) is 19.1. The predicted molar refractivity (Wildman–Crippen MR) is 107 cm³/mol. The van der Waals surface area contributed by atoms with E-state index in [-0.39, 0.29) is 11.0 Å². The van der Waals surface area contributed by atoms with Crippen LogP contribution in [0.2, 0.25) is 5.02 Å². The number of methoxy groups -OCH3 is 1. The molecule has 0 aliphatic heterocycles. The minimum Gasteiger partial charge on any atom is -0.495 e. The second-order valence-corrected chi connectivity index (χ2v) is 6.06. The highest BCUT2D eigenvalue weighted by Crippen LogP contribution is 2.24. The first-order valence-corrected chi connectivity index (χ1v) is 8.57. The summed E-state index contributed by atoms with van der Waals surface area (Å²) in [5, 5.41) is 8.69. The molecule has 6 nitrogen and oxygen atoms in total. The minimum absolute atomic E-state index is 0.0885. The Bertz CT molecular complexity index is 842. The van der Waals surface area contributed by atoms with Gasteiger partial charge in [-0.05, 0) is 48.6 Å². The maximum absolute atomic E-state index is 12.3. The fourth-order valence-electron chi connectivity index (χ4n) is 2.07. The van der Waals surface area contributed by atoms with Crippen molar-refractivity contribution in [2.45, 2.75) is 13.3 Å². The fraction of sp³-hybridized carbons (Fsp3) is 0.167. The van der Waals surface area contributed by atoms with Gasteiger partial charge in [0.25, 0.3) is 5.91 Å². The molecule has 0 spiro atoms. The zero-order valence-electron chi connectivity index (χ0n) is 14.3. The largest absolute Gasteiger partial charge is 0.495 e. The van der Waals surface area contributed by atoms with Gasteiger partial charge < -0.3 is 15.4 Å². The number of carbonyl (C=O) groups excluding carboxylic acids is 2. The quantitative estimate of drug-likeness (QED) is 0.675. The van der Waals surface area contributed by atoms with Gasteiger partial charge in [0.1, 0.15) is 5.75 Å². The Morgan fingerprint density at radius 2 is 1.81 bits per heavy atom. The first-order valence-electron chi connectivity index (χ1n) is 7.78. The number of halogens is 1. The second kappa shape index (κ2) is 9.17. The molecule has 2 amide bonds. The third-order valence-corrected chi connectivity index (χ3v) is 3.87. The van der Waals surface area contributed by atoms with Crippen molar-refractivity contribution in [1.82, 2.24) is 5.32 Å². The van der Waals surface area contributed by atoms with Crippen molar-refractivity contribution in [2.75, 3.05) is 17.7 Å². The van der Waals surface area contributed by atoms with Gasteiger partial charge >= 0.3 is 0 Å². The van der Waals surface area contributed by atoms with Crippen LogP contribution in [0.15, 0.2) is 42.5 Å². The number of ether oxygens (including phenoxy) is 1. The van der Waals surface area contributed by atoms with Crippen LogP contribution in [-0.4, -0.2) is 24.0 Å². The summed E-state index contributed by atoms with van der Waals surface area (Å²) >= 11 is 11.2. The molecule has 0 radical (unpaired) electrons. The van der Waals surface area contributed by atoms with Crippen LogP contribution in [0.25, 0.3) is 0 Å².